The Morgan fingerprint density at radius 1 is 1.10 bits per heavy atom. The second kappa shape index (κ2) is 5.81. The largest absolute Gasteiger partial charge is 0.329 e. The predicted octanol–water partition coefficient (Wildman–Crippen LogP) is 0.730. The molecule has 5 nitrogen and oxygen atoms in total. The number of piperazine rings is 1. The molecule has 0 aromatic heterocycles. The van der Waals surface area contributed by atoms with E-state index in [1.807, 2.05) is 6.07 Å². The summed E-state index contributed by atoms with van der Waals surface area (Å²) in [4.78, 5) is 2.62. The summed E-state index contributed by atoms with van der Waals surface area (Å²) < 4.78 is 26.6. The van der Waals surface area contributed by atoms with Crippen LogP contribution in [0.5, 0.6) is 0 Å². The fourth-order valence-corrected chi connectivity index (χ4v) is 3.85. The van der Waals surface area contributed by atoms with Crippen molar-refractivity contribution in [2.24, 2.45) is 5.73 Å². The fourth-order valence-electron chi connectivity index (χ4n) is 2.40. The topological polar surface area (TPSA) is 66.6 Å². The molecule has 6 heteroatoms. The van der Waals surface area contributed by atoms with Gasteiger partial charge in [-0.3, -0.25) is 4.90 Å². The van der Waals surface area contributed by atoms with Crippen LogP contribution in [0.2, 0.25) is 0 Å². The molecule has 0 saturated carbocycles. The zero-order valence-electron chi connectivity index (χ0n) is 12.1. The van der Waals surface area contributed by atoms with Crippen LogP contribution in [0.1, 0.15) is 13.8 Å². The lowest BCUT2D eigenvalue weighted by Gasteiger charge is -2.43. The van der Waals surface area contributed by atoms with Gasteiger partial charge in [0.05, 0.1) is 4.90 Å². The maximum absolute atomic E-state index is 12.5. The molecule has 0 spiro atoms. The molecule has 2 rings (SSSR count). The van der Waals surface area contributed by atoms with Gasteiger partial charge in [0.1, 0.15) is 0 Å². The highest BCUT2D eigenvalue weighted by molar-refractivity contribution is 7.89. The highest BCUT2D eigenvalue weighted by atomic mass is 32.2. The maximum atomic E-state index is 12.5. The Morgan fingerprint density at radius 3 is 2.15 bits per heavy atom. The zero-order valence-corrected chi connectivity index (χ0v) is 12.9. The van der Waals surface area contributed by atoms with E-state index < -0.39 is 10.0 Å². The molecular formula is C14H23N3O2S. The van der Waals surface area contributed by atoms with Crippen molar-refractivity contribution in [3.8, 4) is 0 Å². The van der Waals surface area contributed by atoms with Crippen LogP contribution in [0, 0.1) is 0 Å². The first-order chi connectivity index (χ1) is 9.38. The number of nitrogens with zero attached hydrogens (tertiary/aromatic N) is 2. The summed E-state index contributed by atoms with van der Waals surface area (Å²) in [6, 6.07) is 8.61. The highest BCUT2D eigenvalue weighted by Crippen LogP contribution is 2.20. The Kier molecular flexibility index (Phi) is 4.49. The predicted molar refractivity (Wildman–Crippen MR) is 79.9 cm³/mol. The molecule has 112 valence electrons. The standard InChI is InChI=1S/C14H23N3O2S/c1-14(2,12-15)16-8-10-17(11-9-16)20(18,19)13-6-4-3-5-7-13/h3-7H,8-12,15H2,1-2H3. The van der Waals surface area contributed by atoms with Crippen molar-refractivity contribution in [2.75, 3.05) is 32.7 Å². The fraction of sp³-hybridized carbons (Fsp3) is 0.571. The van der Waals surface area contributed by atoms with Crippen LogP contribution in [-0.2, 0) is 10.0 Å². The van der Waals surface area contributed by atoms with Gasteiger partial charge >= 0.3 is 0 Å². The van der Waals surface area contributed by atoms with E-state index in [0.717, 1.165) is 13.1 Å². The first-order valence-corrected chi connectivity index (χ1v) is 8.32. The third-order valence-corrected chi connectivity index (χ3v) is 5.89. The van der Waals surface area contributed by atoms with Crippen molar-refractivity contribution in [1.29, 1.82) is 0 Å². The number of rotatable bonds is 4. The van der Waals surface area contributed by atoms with Gasteiger partial charge in [-0.1, -0.05) is 18.2 Å². The summed E-state index contributed by atoms with van der Waals surface area (Å²) in [6.07, 6.45) is 0. The number of hydrogen-bond acceptors (Lipinski definition) is 4. The second-order valence-electron chi connectivity index (χ2n) is 5.72. The van der Waals surface area contributed by atoms with Crippen LogP contribution in [0.4, 0.5) is 0 Å². The molecule has 1 aromatic rings. The Morgan fingerprint density at radius 2 is 1.65 bits per heavy atom. The molecule has 0 aliphatic carbocycles. The lowest BCUT2D eigenvalue weighted by Crippen LogP contribution is -2.58. The van der Waals surface area contributed by atoms with Crippen LogP contribution in [-0.4, -0.2) is 55.9 Å². The minimum absolute atomic E-state index is 0.0808. The second-order valence-corrected chi connectivity index (χ2v) is 7.66. The van der Waals surface area contributed by atoms with Gasteiger partial charge < -0.3 is 5.73 Å². The normalized spacial score (nSPS) is 19.1. The third kappa shape index (κ3) is 3.03. The molecule has 1 fully saturated rings. The van der Waals surface area contributed by atoms with Crippen LogP contribution in [0.15, 0.2) is 35.2 Å². The van der Waals surface area contributed by atoms with E-state index in [-0.39, 0.29) is 5.54 Å². The monoisotopic (exact) mass is 297 g/mol. The quantitative estimate of drug-likeness (QED) is 0.890. The SMILES string of the molecule is CC(C)(CN)N1CCN(S(=O)(=O)c2ccccc2)CC1. The van der Waals surface area contributed by atoms with Crippen molar-refractivity contribution in [3.63, 3.8) is 0 Å². The third-order valence-electron chi connectivity index (χ3n) is 3.98. The molecule has 0 amide bonds. The summed E-state index contributed by atoms with van der Waals surface area (Å²) in [6.45, 7) is 7.22. The van der Waals surface area contributed by atoms with E-state index >= 15 is 0 Å². The van der Waals surface area contributed by atoms with Crippen molar-refractivity contribution < 1.29 is 8.42 Å². The van der Waals surface area contributed by atoms with Gasteiger partial charge in [0.25, 0.3) is 0 Å². The van der Waals surface area contributed by atoms with E-state index in [1.54, 1.807) is 28.6 Å². The van der Waals surface area contributed by atoms with E-state index in [9.17, 15) is 8.42 Å². The Hall–Kier alpha value is -0.950. The smallest absolute Gasteiger partial charge is 0.243 e. The molecule has 1 aromatic carbocycles. The first-order valence-electron chi connectivity index (χ1n) is 6.88. The van der Waals surface area contributed by atoms with Crippen molar-refractivity contribution in [2.45, 2.75) is 24.3 Å². The minimum atomic E-state index is -3.36. The average molecular weight is 297 g/mol. The van der Waals surface area contributed by atoms with Crippen LogP contribution in [0.25, 0.3) is 0 Å². The summed E-state index contributed by atoms with van der Waals surface area (Å²) in [5.41, 5.74) is 5.69. The molecule has 0 atom stereocenters. The molecule has 20 heavy (non-hydrogen) atoms. The Labute approximate surface area is 121 Å². The van der Waals surface area contributed by atoms with Gasteiger partial charge in [0, 0.05) is 38.3 Å². The molecular weight excluding hydrogens is 274 g/mol. The summed E-state index contributed by atoms with van der Waals surface area (Å²) in [5.74, 6) is 0. The van der Waals surface area contributed by atoms with E-state index in [1.165, 1.54) is 0 Å². The van der Waals surface area contributed by atoms with Gasteiger partial charge in [-0.15, -0.1) is 0 Å². The van der Waals surface area contributed by atoms with Gasteiger partial charge in [-0.25, -0.2) is 8.42 Å². The molecule has 0 radical (unpaired) electrons. The highest BCUT2D eigenvalue weighted by Gasteiger charge is 2.33. The van der Waals surface area contributed by atoms with Gasteiger partial charge in [0.15, 0.2) is 0 Å². The lowest BCUT2D eigenvalue weighted by molar-refractivity contribution is 0.0850. The summed E-state index contributed by atoms with van der Waals surface area (Å²) in [7, 11) is -3.36. The number of benzene rings is 1. The minimum Gasteiger partial charge on any atom is -0.329 e. The number of hydrogen-bond donors (Lipinski definition) is 1. The van der Waals surface area contributed by atoms with Crippen molar-refractivity contribution in [1.82, 2.24) is 9.21 Å². The molecule has 1 saturated heterocycles. The maximum Gasteiger partial charge on any atom is 0.243 e. The molecule has 0 unspecified atom stereocenters. The molecule has 1 heterocycles. The molecule has 2 N–H and O–H groups in total. The number of nitrogens with two attached hydrogens (primary N) is 1. The number of sulfonamides is 1. The Bertz CT molecular complexity index is 535. The average Bonchev–Trinajstić information content (AvgIpc) is 2.48. The molecule has 0 bridgehead atoms. The zero-order chi connectivity index (χ0) is 14.8. The van der Waals surface area contributed by atoms with Gasteiger partial charge in [-0.2, -0.15) is 4.31 Å². The van der Waals surface area contributed by atoms with E-state index in [2.05, 4.69) is 18.7 Å². The van der Waals surface area contributed by atoms with Crippen LogP contribution < -0.4 is 5.73 Å². The van der Waals surface area contributed by atoms with Gasteiger partial charge in [0.2, 0.25) is 10.0 Å². The molecule has 1 aliphatic heterocycles. The Balaban J connectivity index is 2.08. The van der Waals surface area contributed by atoms with Crippen LogP contribution in [0.3, 0.4) is 0 Å². The van der Waals surface area contributed by atoms with Gasteiger partial charge in [-0.05, 0) is 26.0 Å². The molecule has 1 aliphatic rings. The lowest BCUT2D eigenvalue weighted by atomic mass is 10.0. The first kappa shape index (κ1) is 15.4. The summed E-state index contributed by atoms with van der Waals surface area (Å²) in [5, 5.41) is 0. The van der Waals surface area contributed by atoms with Crippen molar-refractivity contribution in [3.05, 3.63) is 30.3 Å². The van der Waals surface area contributed by atoms with Crippen molar-refractivity contribution >= 4 is 10.0 Å². The van der Waals surface area contributed by atoms with E-state index in [0.29, 0.717) is 24.5 Å². The van der Waals surface area contributed by atoms with Crippen LogP contribution >= 0.6 is 0 Å². The summed E-state index contributed by atoms with van der Waals surface area (Å²) >= 11 is 0. The van der Waals surface area contributed by atoms with E-state index in [4.69, 9.17) is 5.73 Å².